The summed E-state index contributed by atoms with van der Waals surface area (Å²) in [5.41, 5.74) is 13.4. The number of rotatable bonds is 37. The van der Waals surface area contributed by atoms with Gasteiger partial charge in [-0.15, -0.1) is 12.4 Å². The quantitative estimate of drug-likeness (QED) is 0.00399. The van der Waals surface area contributed by atoms with Crippen molar-refractivity contribution in [2.75, 3.05) is 118 Å². The maximum atomic E-state index is 12.2. The zero-order valence-corrected chi connectivity index (χ0v) is 74.4. The molecule has 5 aromatic rings. The number of nitrogens with one attached hydrogen (secondary N) is 4. The van der Waals surface area contributed by atoms with Gasteiger partial charge in [-0.3, -0.25) is 38.4 Å². The predicted octanol–water partition coefficient (Wildman–Crippen LogP) is 2.66. The molecule has 118 heavy (non-hydrogen) atoms. The van der Waals surface area contributed by atoms with Gasteiger partial charge in [-0.25, -0.2) is 39.0 Å². The molecule has 0 aliphatic carbocycles. The number of methoxy groups -OCH3 is 4. The van der Waals surface area contributed by atoms with Crippen LogP contribution in [0.3, 0.4) is 0 Å². The number of carboxylic acid groups (broad SMARTS) is 3. The van der Waals surface area contributed by atoms with Crippen molar-refractivity contribution >= 4 is 176 Å². The minimum absolute atomic E-state index is 0. The molecule has 646 valence electrons. The van der Waals surface area contributed by atoms with E-state index in [1.807, 2.05) is 6.92 Å². The van der Waals surface area contributed by atoms with Crippen LogP contribution in [0.4, 0.5) is 0 Å². The van der Waals surface area contributed by atoms with E-state index in [0.29, 0.717) is 60.5 Å². The van der Waals surface area contributed by atoms with Gasteiger partial charge in [0.1, 0.15) is 75.6 Å². The Bertz CT molecular complexity index is 4020. The van der Waals surface area contributed by atoms with Crippen molar-refractivity contribution in [1.29, 1.82) is 0 Å². The Hall–Kier alpha value is -10.1. The van der Waals surface area contributed by atoms with Gasteiger partial charge in [0, 0.05) is 64.6 Å². The van der Waals surface area contributed by atoms with Crippen LogP contribution in [0.5, 0.6) is 28.7 Å². The minimum Gasteiger partial charge on any atom is -0.870 e. The fourth-order valence-electron chi connectivity index (χ4n) is 7.45. The number of aryl methyl sites for hydroxylation is 1. The molecule has 0 aromatic heterocycles. The van der Waals surface area contributed by atoms with Crippen LogP contribution in [0.1, 0.15) is 134 Å². The Labute approximate surface area is 738 Å². The first kappa shape index (κ1) is 121. The maximum Gasteiger partial charge on any atom is 1.00 e. The topological polar surface area (TPSA) is 618 Å². The van der Waals surface area contributed by atoms with Crippen molar-refractivity contribution in [3.05, 3.63) is 147 Å². The molecule has 3 amide bonds. The number of aromatic hydroxyl groups is 1. The molecule has 13 N–H and O–H groups in total. The number of phenolic OH excluding ortho intramolecular Hbond substituents is 1. The van der Waals surface area contributed by atoms with Crippen LogP contribution in [-0.4, -0.2) is 243 Å². The monoisotopic (exact) mass is 1950 g/mol. The molecule has 5 rings (SSSR count). The largest absolute Gasteiger partial charge is 1.00 e. The summed E-state index contributed by atoms with van der Waals surface area (Å²) in [5.74, 6) is -8.13. The molecular weight excluding hydrogens is 1870 g/mol. The molecule has 0 atom stereocenters. The van der Waals surface area contributed by atoms with E-state index < -0.39 is 66.8 Å². The van der Waals surface area contributed by atoms with Gasteiger partial charge in [0.25, 0.3) is 11.8 Å². The van der Waals surface area contributed by atoms with Crippen LogP contribution in [0.2, 0.25) is 0 Å². The molecule has 0 saturated carbocycles. The van der Waals surface area contributed by atoms with E-state index in [1.54, 1.807) is 38.4 Å². The number of Topliss-reactive ketones (excluding diaryl/α,β-unsaturated/α-hetero) is 4. The fraction of sp³-hybridized carbons (Fsp3) is 0.356. The average Bonchev–Trinajstić information content (AvgIpc) is 0.847. The smallest absolute Gasteiger partial charge is 0.870 e. The number of alkyl halides is 3. The second-order valence-electron chi connectivity index (χ2n) is 21.1. The number of carbonyl (C=O) groups excluding carboxylic acids is 16. The van der Waals surface area contributed by atoms with E-state index in [1.165, 1.54) is 90.0 Å². The van der Waals surface area contributed by atoms with E-state index in [0.717, 1.165) is 23.8 Å². The maximum absolute atomic E-state index is 12.2. The summed E-state index contributed by atoms with van der Waals surface area (Å²) in [4.78, 5) is 207. The summed E-state index contributed by atoms with van der Waals surface area (Å²) in [6.07, 6.45) is 2.56. The van der Waals surface area contributed by atoms with Gasteiger partial charge in [0.2, 0.25) is 10.6 Å². The Morgan fingerprint density at radius 1 is 0.441 bits per heavy atom. The number of carbonyl (C=O) groups is 15. The van der Waals surface area contributed by atoms with Crippen LogP contribution >= 0.6 is 76.1 Å². The zero-order chi connectivity index (χ0) is 88.4. The molecule has 39 nitrogen and oxygen atoms in total. The molecule has 0 unspecified atom stereocenters. The van der Waals surface area contributed by atoms with Gasteiger partial charge in [-0.1, -0.05) is 72.1 Å². The molecule has 0 fully saturated rings. The molecule has 0 bridgehead atoms. The van der Waals surface area contributed by atoms with Gasteiger partial charge < -0.3 is 96.1 Å². The molecule has 0 aliphatic heterocycles. The Balaban J connectivity index is -0.000000273. The van der Waals surface area contributed by atoms with Crippen molar-refractivity contribution in [3.63, 3.8) is 0 Å². The Kier molecular flexibility index (Phi) is 77.7. The molecule has 45 heteroatoms. The van der Waals surface area contributed by atoms with E-state index >= 15 is 0 Å². The van der Waals surface area contributed by atoms with Crippen LogP contribution in [-0.2, 0) is 76.5 Å². The normalized spacial score (nSPS) is 9.10. The first-order valence-electron chi connectivity index (χ1n) is 32.7. The number of para-hydroxylation sites is 1. The number of phenols is 1. The predicted molar refractivity (Wildman–Crippen MR) is 427 cm³/mol. The molecule has 0 aliphatic rings. The number of ether oxygens (including phenoxy) is 8. The number of amides is 3. The van der Waals surface area contributed by atoms with Crippen molar-refractivity contribution in [3.8, 4) is 28.7 Å². The zero-order valence-electron chi connectivity index (χ0n) is 65.2. The molecule has 0 radical (unpaired) electrons. The SMILES string of the molecule is CNOC.COC(=O)c1ccc(C(=O)OC)c(OCC(=O)NCCCC(=O)COc2cc(C)ccc2C(=O)OC)c1.COC(=O)c1ccc(C(C)=O)cc1O.Cl.NCCN.O=C(Br)CBr.O=C(CBr)CCCNC(=O)CBr.O=C(CCCNC(=O)COc1cc(C(=O)O)ccc1C(=O)O)COc1ccccc1C(=O)O.O=C=O.O=C=O.[Na+].[OH-]. The third-order valence-corrected chi connectivity index (χ3v) is 15.5. The number of carboxylic acids is 3. The van der Waals surface area contributed by atoms with Gasteiger partial charge in [0.15, 0.2) is 30.6 Å². The number of ketones is 4. The standard InChI is InChI=1S/C26H29NO10.C22H21NO10.C10H10O4.C7H11Br2NO2.C2H2Br2O.C2H8N2.C2H7NO.2CO2.ClH.Na.H2O/c1-16-7-9-19(25(31)34-3)21(12-16)36-14-18(28)6-5-11-27-23(29)15-37-22-13-17(24(30)33-2)8-10-20(22)26(32)35-4;24-14(11-32-17-6-2-1-5-15(17)21(28)29)4-3-9-23-19(25)12-33-18-10-13(20(26)27)7-8-16(18)22(30)31;1-6(11)7-3-4-8(9(12)5-7)10(13)14-2;8-4-6(11)2-1-3-10-7(12)5-9;3-1-2(4)5;3-1-2-4;1-3-4-2;2*2-1-3;;;/h7-10,12-13H,5-6,11,14-15H2,1-4H3,(H,27,29);1-2,5-8,10H,3-4,9,11-12H2,(H,23,25)(H,26,27)(H,28,29)(H,30,31);3-5,12H,1-2H3;1-5H2,(H,10,12);1H2;1-4H2;3H,1-2H3;;;1H;;1H2/q;;;;;;;;;;+1;/p-1. The first-order valence-corrected chi connectivity index (χ1v) is 36.9. The fourth-order valence-corrected chi connectivity index (χ4v) is 7.93. The summed E-state index contributed by atoms with van der Waals surface area (Å²) in [6, 6.07) is 22.1. The van der Waals surface area contributed by atoms with Crippen LogP contribution in [0, 0.1) is 6.92 Å². The Morgan fingerprint density at radius 3 is 1.18 bits per heavy atom. The number of hydrogen-bond acceptors (Lipinski definition) is 33. The molecule has 0 heterocycles. The number of halogens is 5. The summed E-state index contributed by atoms with van der Waals surface area (Å²) in [5, 5.41) is 45.5. The first-order chi connectivity index (χ1) is 54.6. The summed E-state index contributed by atoms with van der Waals surface area (Å²) in [6.45, 7) is 3.75. The Morgan fingerprint density at radius 2 is 0.788 bits per heavy atom. The van der Waals surface area contributed by atoms with Crippen LogP contribution in [0.15, 0.2) is 97.1 Å². The van der Waals surface area contributed by atoms with Crippen LogP contribution in [0.25, 0.3) is 0 Å². The minimum atomic E-state index is -1.34. The van der Waals surface area contributed by atoms with E-state index in [4.69, 9.17) is 69.6 Å². The number of esters is 4. The number of hydrogen-bond donors (Lipinski definition) is 10. The third kappa shape index (κ3) is 57.9. The van der Waals surface area contributed by atoms with E-state index in [9.17, 15) is 77.0 Å². The number of aromatic carboxylic acids is 3. The molecule has 0 saturated heterocycles. The van der Waals surface area contributed by atoms with Gasteiger partial charge >= 0.3 is 83.6 Å². The van der Waals surface area contributed by atoms with Crippen molar-refractivity contribution in [2.45, 2.75) is 52.4 Å². The summed E-state index contributed by atoms with van der Waals surface area (Å²) in [7, 11) is 8.16. The number of hydroxylamine groups is 1. The molecule has 5 aromatic carbocycles. The van der Waals surface area contributed by atoms with E-state index in [2.05, 4.69) is 104 Å². The van der Waals surface area contributed by atoms with Gasteiger partial charge in [-0.2, -0.15) is 19.2 Å². The molecular formula is C73H90Br4ClN6NaO33. The molecule has 0 spiro atoms. The van der Waals surface area contributed by atoms with E-state index in [-0.39, 0.29) is 207 Å². The van der Waals surface area contributed by atoms with Crippen molar-refractivity contribution < 1.29 is 189 Å². The summed E-state index contributed by atoms with van der Waals surface area (Å²) >= 11 is 11.7. The van der Waals surface area contributed by atoms with Crippen molar-refractivity contribution in [1.82, 2.24) is 21.4 Å². The summed E-state index contributed by atoms with van der Waals surface area (Å²) < 4.78 is 39.8. The second-order valence-corrected chi connectivity index (χ2v) is 23.7. The average molecular weight is 1960 g/mol. The van der Waals surface area contributed by atoms with Gasteiger partial charge in [-0.05, 0) is 127 Å². The van der Waals surface area contributed by atoms with Crippen LogP contribution < -0.4 is 81.4 Å². The second kappa shape index (κ2) is 75.7. The van der Waals surface area contributed by atoms with Gasteiger partial charge in [0.05, 0.1) is 62.7 Å². The third-order valence-electron chi connectivity index (χ3n) is 12.8. The number of benzene rings is 5. The number of nitrogens with two attached hydrogens (primary N) is 2. The van der Waals surface area contributed by atoms with Crippen molar-refractivity contribution in [2.24, 2.45) is 11.5 Å².